The first-order valence-corrected chi connectivity index (χ1v) is 4.58. The molecule has 1 aromatic rings. The fraction of sp³-hybridized carbons (Fsp3) is 0.556. The number of aromatic amines is 1. The summed E-state index contributed by atoms with van der Waals surface area (Å²) >= 11 is 0. The van der Waals surface area contributed by atoms with Gasteiger partial charge in [-0.05, 0) is 11.8 Å². The van der Waals surface area contributed by atoms with Crippen LogP contribution in [0.4, 0.5) is 4.39 Å². The van der Waals surface area contributed by atoms with Crippen LogP contribution in [-0.2, 0) is 0 Å². The van der Waals surface area contributed by atoms with Crippen molar-refractivity contribution in [3.05, 3.63) is 26.7 Å². The van der Waals surface area contributed by atoms with Crippen molar-refractivity contribution in [1.29, 1.82) is 0 Å². The fourth-order valence-corrected chi connectivity index (χ4v) is 1.69. The molecule has 0 amide bonds. The third-order valence-electron chi connectivity index (χ3n) is 2.84. The molecule has 5 nitrogen and oxygen atoms in total. The van der Waals surface area contributed by atoms with Crippen molar-refractivity contribution in [3.8, 4) is 5.88 Å². The SMILES string of the molecule is CC1(C)CC1n1c(O)c(F)c(=O)[nH]c1=O. The quantitative estimate of drug-likeness (QED) is 0.708. The number of H-pyrrole nitrogens is 1. The van der Waals surface area contributed by atoms with E-state index in [1.165, 1.54) is 0 Å². The van der Waals surface area contributed by atoms with Gasteiger partial charge in [0.2, 0.25) is 11.7 Å². The molecule has 1 aromatic heterocycles. The monoisotopic (exact) mass is 214 g/mol. The zero-order valence-corrected chi connectivity index (χ0v) is 8.37. The molecule has 1 unspecified atom stereocenters. The van der Waals surface area contributed by atoms with Crippen LogP contribution in [-0.4, -0.2) is 14.7 Å². The van der Waals surface area contributed by atoms with Gasteiger partial charge < -0.3 is 5.11 Å². The third kappa shape index (κ3) is 1.36. The normalized spacial score (nSPS) is 22.7. The first kappa shape index (κ1) is 9.95. The van der Waals surface area contributed by atoms with Crippen LogP contribution < -0.4 is 11.2 Å². The molecule has 0 saturated heterocycles. The van der Waals surface area contributed by atoms with Gasteiger partial charge in [-0.3, -0.25) is 14.3 Å². The molecule has 1 aliphatic rings. The lowest BCUT2D eigenvalue weighted by molar-refractivity contribution is 0.349. The van der Waals surface area contributed by atoms with E-state index in [4.69, 9.17) is 0 Å². The first-order valence-electron chi connectivity index (χ1n) is 4.58. The molecular weight excluding hydrogens is 203 g/mol. The lowest BCUT2D eigenvalue weighted by atomic mass is 10.2. The lowest BCUT2D eigenvalue weighted by Gasteiger charge is -2.09. The summed E-state index contributed by atoms with van der Waals surface area (Å²) in [7, 11) is 0. The number of hydrogen-bond donors (Lipinski definition) is 2. The predicted octanol–water partition coefficient (Wildman–Crippen LogP) is 0.352. The van der Waals surface area contributed by atoms with E-state index in [-0.39, 0.29) is 11.5 Å². The largest absolute Gasteiger partial charge is 0.492 e. The Bertz CT molecular complexity index is 529. The molecule has 1 atom stereocenters. The molecule has 1 aliphatic carbocycles. The van der Waals surface area contributed by atoms with Gasteiger partial charge in [0, 0.05) is 6.04 Å². The van der Waals surface area contributed by atoms with Crippen LogP contribution in [0.1, 0.15) is 26.3 Å². The van der Waals surface area contributed by atoms with E-state index in [1.807, 2.05) is 18.8 Å². The summed E-state index contributed by atoms with van der Waals surface area (Å²) in [6.45, 7) is 3.79. The number of halogens is 1. The Kier molecular flexibility index (Phi) is 1.80. The molecule has 6 heteroatoms. The van der Waals surface area contributed by atoms with Gasteiger partial charge in [-0.2, -0.15) is 4.39 Å². The highest BCUT2D eigenvalue weighted by Gasteiger charge is 2.49. The molecule has 0 bridgehead atoms. The van der Waals surface area contributed by atoms with E-state index in [0.717, 1.165) is 4.57 Å². The number of nitrogens with zero attached hydrogens (tertiary/aromatic N) is 1. The zero-order chi connectivity index (χ0) is 11.4. The van der Waals surface area contributed by atoms with Crippen molar-refractivity contribution in [2.45, 2.75) is 26.3 Å². The van der Waals surface area contributed by atoms with Crippen LogP contribution in [0.5, 0.6) is 5.88 Å². The van der Waals surface area contributed by atoms with E-state index in [2.05, 4.69) is 0 Å². The van der Waals surface area contributed by atoms with Crippen LogP contribution in [0, 0.1) is 11.2 Å². The smallest absolute Gasteiger partial charge is 0.331 e. The minimum Gasteiger partial charge on any atom is -0.492 e. The highest BCUT2D eigenvalue weighted by molar-refractivity contribution is 5.15. The Morgan fingerprint density at radius 3 is 2.53 bits per heavy atom. The van der Waals surface area contributed by atoms with Crippen molar-refractivity contribution in [2.24, 2.45) is 5.41 Å². The van der Waals surface area contributed by atoms with Gasteiger partial charge in [0.15, 0.2) is 0 Å². The maximum Gasteiger partial charge on any atom is 0.331 e. The van der Waals surface area contributed by atoms with E-state index in [1.54, 1.807) is 0 Å². The van der Waals surface area contributed by atoms with Crippen LogP contribution in [0.2, 0.25) is 0 Å². The molecule has 0 radical (unpaired) electrons. The second-order valence-electron chi connectivity index (χ2n) is 4.48. The average molecular weight is 214 g/mol. The highest BCUT2D eigenvalue weighted by atomic mass is 19.1. The van der Waals surface area contributed by atoms with Gasteiger partial charge in [0.05, 0.1) is 0 Å². The second-order valence-corrected chi connectivity index (χ2v) is 4.48. The standard InChI is InChI=1S/C9H11FN2O3/c1-9(2)3-4(9)12-7(14)5(10)6(13)11-8(12)15/h4,14H,3H2,1-2H3,(H,11,13,15). The zero-order valence-electron chi connectivity index (χ0n) is 8.37. The van der Waals surface area contributed by atoms with Crippen LogP contribution >= 0.6 is 0 Å². The fourth-order valence-electron chi connectivity index (χ4n) is 1.69. The van der Waals surface area contributed by atoms with Crippen molar-refractivity contribution in [2.75, 3.05) is 0 Å². The van der Waals surface area contributed by atoms with E-state index in [0.29, 0.717) is 6.42 Å². The summed E-state index contributed by atoms with van der Waals surface area (Å²) < 4.78 is 14.0. The van der Waals surface area contributed by atoms with Crippen LogP contribution in [0.25, 0.3) is 0 Å². The second kappa shape index (κ2) is 2.71. The maximum atomic E-state index is 13.1. The van der Waals surface area contributed by atoms with Crippen molar-refractivity contribution in [3.63, 3.8) is 0 Å². The van der Waals surface area contributed by atoms with Gasteiger partial charge >= 0.3 is 5.69 Å². The highest BCUT2D eigenvalue weighted by Crippen LogP contribution is 2.55. The molecule has 2 rings (SSSR count). The van der Waals surface area contributed by atoms with E-state index < -0.39 is 22.9 Å². The van der Waals surface area contributed by atoms with Gasteiger partial charge in [-0.15, -0.1) is 0 Å². The van der Waals surface area contributed by atoms with Crippen LogP contribution in [0.15, 0.2) is 9.59 Å². The van der Waals surface area contributed by atoms with Crippen molar-refractivity contribution < 1.29 is 9.50 Å². The Balaban J connectivity index is 2.64. The number of rotatable bonds is 1. The summed E-state index contributed by atoms with van der Waals surface area (Å²) in [6.07, 6.45) is 0.673. The van der Waals surface area contributed by atoms with Gasteiger partial charge in [-0.1, -0.05) is 13.8 Å². The third-order valence-corrected chi connectivity index (χ3v) is 2.84. The molecule has 0 spiro atoms. The summed E-state index contributed by atoms with van der Waals surface area (Å²) in [5.41, 5.74) is -2.10. The Labute approximate surface area is 84.2 Å². The number of aromatic nitrogens is 2. The van der Waals surface area contributed by atoms with Gasteiger partial charge in [-0.25, -0.2) is 4.79 Å². The summed E-state index contributed by atoms with van der Waals surface area (Å²) in [6, 6.07) is -0.253. The lowest BCUT2D eigenvalue weighted by Crippen LogP contribution is -2.32. The number of nitrogens with one attached hydrogen (secondary N) is 1. The van der Waals surface area contributed by atoms with Crippen molar-refractivity contribution in [1.82, 2.24) is 9.55 Å². The molecular formula is C9H11FN2O3. The molecule has 1 fully saturated rings. The summed E-state index contributed by atoms with van der Waals surface area (Å²) in [4.78, 5) is 24.0. The molecule has 2 N–H and O–H groups in total. The topological polar surface area (TPSA) is 75.1 Å². The maximum absolute atomic E-state index is 13.1. The Morgan fingerprint density at radius 1 is 1.53 bits per heavy atom. The minimum absolute atomic E-state index is 0.147. The van der Waals surface area contributed by atoms with Gasteiger partial charge in [0.1, 0.15) is 0 Å². The Hall–Kier alpha value is -1.59. The molecule has 82 valence electrons. The van der Waals surface area contributed by atoms with Gasteiger partial charge in [0.25, 0.3) is 5.56 Å². The molecule has 1 saturated carbocycles. The molecule has 0 aliphatic heterocycles. The summed E-state index contributed by atoms with van der Waals surface area (Å²) in [5.74, 6) is -2.18. The average Bonchev–Trinajstić information content (AvgIpc) is 2.71. The van der Waals surface area contributed by atoms with Crippen molar-refractivity contribution >= 4 is 0 Å². The predicted molar refractivity (Wildman–Crippen MR) is 50.4 cm³/mol. The Morgan fingerprint density at radius 2 is 2.07 bits per heavy atom. The number of aromatic hydroxyl groups is 1. The minimum atomic E-state index is -1.31. The molecule has 0 aromatic carbocycles. The van der Waals surface area contributed by atoms with E-state index in [9.17, 15) is 19.1 Å². The van der Waals surface area contributed by atoms with E-state index >= 15 is 0 Å². The summed E-state index contributed by atoms with van der Waals surface area (Å²) in [5, 5.41) is 9.37. The first-order chi connectivity index (χ1) is 6.84. The molecule has 1 heterocycles. The molecule has 15 heavy (non-hydrogen) atoms. The number of hydrogen-bond acceptors (Lipinski definition) is 3. The van der Waals surface area contributed by atoms with Crippen LogP contribution in [0.3, 0.4) is 0 Å².